The van der Waals surface area contributed by atoms with Crippen LogP contribution in [0.15, 0.2) is 155 Å². The molecule has 4 nitrogen and oxygen atoms in total. The first-order valence-corrected chi connectivity index (χ1v) is 17.6. The molecule has 11 aromatic rings. The Hall–Kier alpha value is -6.78. The number of fused-ring (bicyclic) bond motifs is 12. The molecule has 0 atom stereocenters. The van der Waals surface area contributed by atoms with Crippen LogP contribution in [-0.4, -0.2) is 9.97 Å². The van der Waals surface area contributed by atoms with Crippen LogP contribution in [0.1, 0.15) is 11.1 Å². The van der Waals surface area contributed by atoms with Crippen LogP contribution >= 0.6 is 0 Å². The van der Waals surface area contributed by atoms with Crippen molar-refractivity contribution < 1.29 is 8.83 Å². The van der Waals surface area contributed by atoms with Crippen LogP contribution in [0.4, 0.5) is 0 Å². The second kappa shape index (κ2) is 10.9. The van der Waals surface area contributed by atoms with Gasteiger partial charge in [-0.25, -0.2) is 4.98 Å². The summed E-state index contributed by atoms with van der Waals surface area (Å²) in [5.74, 6) is 0. The summed E-state index contributed by atoms with van der Waals surface area (Å²) >= 11 is 0. The van der Waals surface area contributed by atoms with Crippen molar-refractivity contribution in [1.82, 2.24) is 9.97 Å². The van der Waals surface area contributed by atoms with E-state index in [1.165, 1.54) is 21.9 Å². The summed E-state index contributed by atoms with van der Waals surface area (Å²) in [4.78, 5) is 10.8. The SMILES string of the molecule is Cc1ccc2c(c1)c1cc(C)ccc1c1nc(-c3c(-c4cccc5c4oc4ccccc45)cccc3-c3cccc4c3oc3ccccc34)cnc21. The van der Waals surface area contributed by atoms with Crippen molar-refractivity contribution in [3.05, 3.63) is 157 Å². The van der Waals surface area contributed by atoms with E-state index >= 15 is 0 Å². The molecule has 3 heterocycles. The standard InChI is InChI=1S/C48H30N2O2/c1-27-20-22-33-39(24-27)40-25-28(2)21-23-34(40)46-45(33)49-26-41(50-46)44-31(37-16-8-14-35-29-10-3-5-18-42(29)51-47(35)37)12-7-13-32(44)38-17-9-15-36-30-11-4-6-19-43(30)52-48(36)38/h3-26H,1-2H3. The maximum absolute atomic E-state index is 6.63. The summed E-state index contributed by atoms with van der Waals surface area (Å²) in [5.41, 5.74) is 13.4. The summed E-state index contributed by atoms with van der Waals surface area (Å²) in [6, 6.07) is 49.0. The lowest BCUT2D eigenvalue weighted by Crippen LogP contribution is -1.97. The molecule has 0 radical (unpaired) electrons. The van der Waals surface area contributed by atoms with Crippen molar-refractivity contribution in [2.75, 3.05) is 0 Å². The summed E-state index contributed by atoms with van der Waals surface area (Å²) in [6.07, 6.45) is 1.95. The number of hydrogen-bond donors (Lipinski definition) is 0. The van der Waals surface area contributed by atoms with Gasteiger partial charge in [0.1, 0.15) is 22.3 Å². The molecule has 52 heavy (non-hydrogen) atoms. The molecule has 0 saturated heterocycles. The van der Waals surface area contributed by atoms with Crippen molar-refractivity contribution in [3.8, 4) is 33.5 Å². The minimum Gasteiger partial charge on any atom is -0.455 e. The monoisotopic (exact) mass is 666 g/mol. The average Bonchev–Trinajstić information content (AvgIpc) is 3.76. The summed E-state index contributed by atoms with van der Waals surface area (Å²) in [5, 5.41) is 8.92. The summed E-state index contributed by atoms with van der Waals surface area (Å²) < 4.78 is 13.3. The zero-order valence-corrected chi connectivity index (χ0v) is 28.6. The molecule has 0 aliphatic heterocycles. The molecule has 4 heteroatoms. The van der Waals surface area contributed by atoms with Gasteiger partial charge in [0.2, 0.25) is 0 Å². The molecule has 244 valence electrons. The van der Waals surface area contributed by atoms with E-state index in [9.17, 15) is 0 Å². The Morgan fingerprint density at radius 3 is 1.46 bits per heavy atom. The Morgan fingerprint density at radius 2 is 0.885 bits per heavy atom. The number of rotatable bonds is 3. The van der Waals surface area contributed by atoms with E-state index in [2.05, 4.69) is 129 Å². The van der Waals surface area contributed by atoms with E-state index in [-0.39, 0.29) is 0 Å². The van der Waals surface area contributed by atoms with Gasteiger partial charge in [-0.3, -0.25) is 4.98 Å². The third kappa shape index (κ3) is 4.15. The number of benzene rings is 8. The molecule has 0 saturated carbocycles. The van der Waals surface area contributed by atoms with E-state index in [1.807, 2.05) is 30.5 Å². The van der Waals surface area contributed by atoms with Gasteiger partial charge in [0.05, 0.1) is 22.9 Å². The molecular weight excluding hydrogens is 637 g/mol. The van der Waals surface area contributed by atoms with Crippen LogP contribution in [0, 0.1) is 13.8 Å². The van der Waals surface area contributed by atoms with Crippen LogP contribution in [0.5, 0.6) is 0 Å². The smallest absolute Gasteiger partial charge is 0.143 e. The number of aromatic nitrogens is 2. The minimum atomic E-state index is 0.785. The topological polar surface area (TPSA) is 52.1 Å². The lowest BCUT2D eigenvalue weighted by atomic mass is 9.88. The van der Waals surface area contributed by atoms with Crippen molar-refractivity contribution in [1.29, 1.82) is 0 Å². The molecule has 0 bridgehead atoms. The lowest BCUT2D eigenvalue weighted by molar-refractivity contribution is 0.670. The number of nitrogens with zero attached hydrogens (tertiary/aromatic N) is 2. The highest BCUT2D eigenvalue weighted by Crippen LogP contribution is 2.46. The van der Waals surface area contributed by atoms with E-state index in [4.69, 9.17) is 18.8 Å². The van der Waals surface area contributed by atoms with Gasteiger partial charge in [-0.15, -0.1) is 0 Å². The summed E-state index contributed by atoms with van der Waals surface area (Å²) in [7, 11) is 0. The summed E-state index contributed by atoms with van der Waals surface area (Å²) in [6.45, 7) is 4.29. The number of para-hydroxylation sites is 4. The number of furan rings is 2. The van der Waals surface area contributed by atoms with Crippen LogP contribution in [-0.2, 0) is 0 Å². The molecular formula is C48H30N2O2. The first-order chi connectivity index (χ1) is 25.6. The fourth-order valence-electron chi connectivity index (χ4n) is 8.27. The van der Waals surface area contributed by atoms with Gasteiger partial charge < -0.3 is 8.83 Å². The molecule has 0 amide bonds. The van der Waals surface area contributed by atoms with E-state index in [1.54, 1.807) is 0 Å². The maximum atomic E-state index is 6.63. The normalized spacial score (nSPS) is 12.0. The molecule has 0 unspecified atom stereocenters. The van der Waals surface area contributed by atoms with Crippen LogP contribution in [0.3, 0.4) is 0 Å². The van der Waals surface area contributed by atoms with Gasteiger partial charge in [0, 0.05) is 49.0 Å². The third-order valence-electron chi connectivity index (χ3n) is 10.6. The molecule has 0 fully saturated rings. The molecule has 11 rings (SSSR count). The largest absolute Gasteiger partial charge is 0.455 e. The number of hydrogen-bond acceptors (Lipinski definition) is 4. The Balaban J connectivity index is 1.27. The zero-order valence-electron chi connectivity index (χ0n) is 28.6. The van der Waals surface area contributed by atoms with E-state index in [0.717, 1.165) is 99.2 Å². The Labute approximate surface area is 298 Å². The molecule has 0 aliphatic rings. The third-order valence-corrected chi connectivity index (χ3v) is 10.6. The second-order valence-electron chi connectivity index (χ2n) is 13.8. The van der Waals surface area contributed by atoms with Crippen LogP contribution in [0.25, 0.3) is 110 Å². The Bertz CT molecular complexity index is 3140. The van der Waals surface area contributed by atoms with Gasteiger partial charge in [0.15, 0.2) is 0 Å². The van der Waals surface area contributed by atoms with E-state index < -0.39 is 0 Å². The van der Waals surface area contributed by atoms with E-state index in [0.29, 0.717) is 0 Å². The Morgan fingerprint density at radius 1 is 0.404 bits per heavy atom. The predicted molar refractivity (Wildman–Crippen MR) is 215 cm³/mol. The number of aryl methyl sites for hydroxylation is 2. The molecule has 8 aromatic carbocycles. The fourth-order valence-corrected chi connectivity index (χ4v) is 8.27. The quantitative estimate of drug-likeness (QED) is 0.176. The van der Waals surface area contributed by atoms with Crippen molar-refractivity contribution in [2.24, 2.45) is 0 Å². The van der Waals surface area contributed by atoms with Crippen molar-refractivity contribution in [3.63, 3.8) is 0 Å². The average molecular weight is 667 g/mol. The van der Waals surface area contributed by atoms with Crippen LogP contribution in [0.2, 0.25) is 0 Å². The first kappa shape index (κ1) is 29.0. The lowest BCUT2D eigenvalue weighted by Gasteiger charge is -2.17. The fraction of sp³-hybridized carbons (Fsp3) is 0.0417. The van der Waals surface area contributed by atoms with Gasteiger partial charge in [0.25, 0.3) is 0 Å². The zero-order chi connectivity index (χ0) is 34.5. The highest BCUT2D eigenvalue weighted by molar-refractivity contribution is 6.23. The molecule has 0 spiro atoms. The van der Waals surface area contributed by atoms with Crippen molar-refractivity contribution in [2.45, 2.75) is 13.8 Å². The predicted octanol–water partition coefficient (Wildman–Crippen LogP) is 13.4. The molecule has 0 aliphatic carbocycles. The van der Waals surface area contributed by atoms with Gasteiger partial charge in [-0.2, -0.15) is 0 Å². The van der Waals surface area contributed by atoms with Crippen molar-refractivity contribution >= 4 is 76.5 Å². The van der Waals surface area contributed by atoms with Gasteiger partial charge in [-0.1, -0.05) is 139 Å². The van der Waals surface area contributed by atoms with Gasteiger partial charge in [-0.05, 0) is 47.9 Å². The second-order valence-corrected chi connectivity index (χ2v) is 13.8. The molecule has 0 N–H and O–H groups in total. The van der Waals surface area contributed by atoms with Gasteiger partial charge >= 0.3 is 0 Å². The highest BCUT2D eigenvalue weighted by atomic mass is 16.3. The maximum Gasteiger partial charge on any atom is 0.143 e. The first-order valence-electron chi connectivity index (χ1n) is 17.6. The Kier molecular flexibility index (Phi) is 6.06. The highest BCUT2D eigenvalue weighted by Gasteiger charge is 2.23. The minimum absolute atomic E-state index is 0.785. The molecule has 3 aromatic heterocycles. The van der Waals surface area contributed by atoms with Crippen LogP contribution < -0.4 is 0 Å².